The molecule has 1 aromatic heterocycles. The van der Waals surface area contributed by atoms with Crippen LogP contribution in [0.4, 0.5) is 11.5 Å². The number of hydrogen-bond donors (Lipinski definition) is 2. The molecule has 0 aromatic carbocycles. The van der Waals surface area contributed by atoms with Crippen LogP contribution in [0.15, 0.2) is 18.3 Å². The van der Waals surface area contributed by atoms with Crippen molar-refractivity contribution in [2.45, 2.75) is 27.7 Å². The number of nitrogens with two attached hydrogens (primary N) is 1. The molecule has 0 spiro atoms. The van der Waals surface area contributed by atoms with Gasteiger partial charge in [0.15, 0.2) is 0 Å². The highest BCUT2D eigenvalue weighted by atomic mass is 14.9. The van der Waals surface area contributed by atoms with E-state index in [-0.39, 0.29) is 0 Å². The van der Waals surface area contributed by atoms with Crippen molar-refractivity contribution in [1.29, 1.82) is 0 Å². The molecule has 3 nitrogen and oxygen atoms in total. The van der Waals surface area contributed by atoms with Crippen LogP contribution in [0.1, 0.15) is 27.7 Å². The first-order valence-corrected chi connectivity index (χ1v) is 5.35. The highest BCUT2D eigenvalue weighted by Crippen LogP contribution is 2.25. The van der Waals surface area contributed by atoms with Crippen molar-refractivity contribution in [1.82, 2.24) is 4.98 Å². The molecule has 0 saturated carbocycles. The Balaban J connectivity index is 2.51. The van der Waals surface area contributed by atoms with Gasteiger partial charge in [0.25, 0.3) is 0 Å². The Bertz CT molecular complexity index is 315. The molecule has 1 rings (SSSR count). The van der Waals surface area contributed by atoms with Gasteiger partial charge in [-0.2, -0.15) is 0 Å². The maximum atomic E-state index is 5.60. The largest absolute Gasteiger partial charge is 0.385 e. The van der Waals surface area contributed by atoms with Crippen LogP contribution in [-0.2, 0) is 0 Å². The van der Waals surface area contributed by atoms with E-state index in [9.17, 15) is 0 Å². The highest BCUT2D eigenvalue weighted by molar-refractivity contribution is 5.49. The lowest BCUT2D eigenvalue weighted by Crippen LogP contribution is -2.24. The van der Waals surface area contributed by atoms with Gasteiger partial charge in [0.1, 0.15) is 5.82 Å². The fraction of sp³-hybridized carbons (Fsp3) is 0.583. The van der Waals surface area contributed by atoms with Crippen LogP contribution in [0.5, 0.6) is 0 Å². The standard InChI is InChI=1S/C12H21N3/c1-9(12(2,3)4)8-15-10-5-6-14-11(13)7-10/h5-7,9H,8H2,1-4H3,(H3,13,14,15). The smallest absolute Gasteiger partial charge is 0.125 e. The lowest BCUT2D eigenvalue weighted by atomic mass is 9.82. The molecule has 84 valence electrons. The molecule has 0 amide bonds. The second-order valence-electron chi connectivity index (χ2n) is 5.12. The number of pyridine rings is 1. The van der Waals surface area contributed by atoms with E-state index in [4.69, 9.17) is 5.73 Å². The average Bonchev–Trinajstić information content (AvgIpc) is 2.12. The van der Waals surface area contributed by atoms with E-state index >= 15 is 0 Å². The number of nitrogen functional groups attached to an aromatic ring is 1. The SMILES string of the molecule is CC(CNc1ccnc(N)c1)C(C)(C)C. The van der Waals surface area contributed by atoms with E-state index in [0.717, 1.165) is 12.2 Å². The zero-order valence-corrected chi connectivity index (χ0v) is 10.0. The summed E-state index contributed by atoms with van der Waals surface area (Å²) in [7, 11) is 0. The number of rotatable bonds is 3. The van der Waals surface area contributed by atoms with Crippen molar-refractivity contribution in [3.8, 4) is 0 Å². The van der Waals surface area contributed by atoms with Gasteiger partial charge in [-0.15, -0.1) is 0 Å². The van der Waals surface area contributed by atoms with Crippen molar-refractivity contribution in [3.63, 3.8) is 0 Å². The molecule has 0 aliphatic rings. The van der Waals surface area contributed by atoms with Crippen LogP contribution < -0.4 is 11.1 Å². The van der Waals surface area contributed by atoms with Gasteiger partial charge in [-0.1, -0.05) is 27.7 Å². The van der Waals surface area contributed by atoms with E-state index < -0.39 is 0 Å². The lowest BCUT2D eigenvalue weighted by Gasteiger charge is -2.27. The van der Waals surface area contributed by atoms with Crippen LogP contribution in [0.3, 0.4) is 0 Å². The number of nitrogens with one attached hydrogen (secondary N) is 1. The van der Waals surface area contributed by atoms with Crippen molar-refractivity contribution >= 4 is 11.5 Å². The number of aromatic nitrogens is 1. The third kappa shape index (κ3) is 3.78. The Hall–Kier alpha value is -1.25. The Morgan fingerprint density at radius 3 is 2.67 bits per heavy atom. The normalized spacial score (nSPS) is 13.6. The number of nitrogens with zero attached hydrogens (tertiary/aromatic N) is 1. The molecule has 0 bridgehead atoms. The van der Waals surface area contributed by atoms with E-state index in [0.29, 0.717) is 17.2 Å². The molecule has 1 aromatic rings. The second kappa shape index (κ2) is 4.51. The van der Waals surface area contributed by atoms with Crippen LogP contribution in [0.2, 0.25) is 0 Å². The van der Waals surface area contributed by atoms with Gasteiger partial charge in [0, 0.05) is 24.5 Å². The molecule has 1 heterocycles. The summed E-state index contributed by atoms with van der Waals surface area (Å²) in [6, 6.07) is 3.79. The Labute approximate surface area is 92.1 Å². The minimum absolute atomic E-state index is 0.325. The third-order valence-corrected chi connectivity index (χ3v) is 2.87. The molecule has 15 heavy (non-hydrogen) atoms. The van der Waals surface area contributed by atoms with Gasteiger partial charge in [-0.25, -0.2) is 4.98 Å². The quantitative estimate of drug-likeness (QED) is 0.801. The summed E-state index contributed by atoms with van der Waals surface area (Å²) in [4.78, 5) is 3.95. The zero-order chi connectivity index (χ0) is 11.5. The number of anilines is 2. The Morgan fingerprint density at radius 1 is 1.47 bits per heavy atom. The molecule has 0 fully saturated rings. The second-order valence-corrected chi connectivity index (χ2v) is 5.12. The molecule has 1 unspecified atom stereocenters. The zero-order valence-electron chi connectivity index (χ0n) is 10.0. The molecule has 0 aliphatic heterocycles. The Morgan fingerprint density at radius 2 is 2.13 bits per heavy atom. The Kier molecular flexibility index (Phi) is 3.56. The molecular formula is C12H21N3. The van der Waals surface area contributed by atoms with Gasteiger partial charge in [0.05, 0.1) is 0 Å². The summed E-state index contributed by atoms with van der Waals surface area (Å²) in [5.74, 6) is 1.16. The minimum atomic E-state index is 0.325. The topological polar surface area (TPSA) is 50.9 Å². The van der Waals surface area contributed by atoms with Crippen molar-refractivity contribution < 1.29 is 0 Å². The molecular weight excluding hydrogens is 186 g/mol. The van der Waals surface area contributed by atoms with Gasteiger partial charge in [0.2, 0.25) is 0 Å². The molecule has 0 aliphatic carbocycles. The van der Waals surface area contributed by atoms with Crippen LogP contribution in [0.25, 0.3) is 0 Å². The summed E-state index contributed by atoms with van der Waals surface area (Å²) in [6.07, 6.45) is 1.72. The summed E-state index contributed by atoms with van der Waals surface area (Å²) < 4.78 is 0. The lowest BCUT2D eigenvalue weighted by molar-refractivity contribution is 0.274. The monoisotopic (exact) mass is 207 g/mol. The first-order chi connectivity index (χ1) is 6.89. The maximum absolute atomic E-state index is 5.60. The van der Waals surface area contributed by atoms with E-state index in [2.05, 4.69) is 38.0 Å². The third-order valence-electron chi connectivity index (χ3n) is 2.87. The molecule has 0 radical (unpaired) electrons. The first kappa shape index (κ1) is 11.8. The first-order valence-electron chi connectivity index (χ1n) is 5.35. The predicted molar refractivity (Wildman–Crippen MR) is 65.8 cm³/mol. The fourth-order valence-corrected chi connectivity index (χ4v) is 1.14. The van der Waals surface area contributed by atoms with E-state index in [1.165, 1.54) is 0 Å². The highest BCUT2D eigenvalue weighted by Gasteiger charge is 2.19. The molecule has 3 heteroatoms. The number of hydrogen-bond acceptors (Lipinski definition) is 3. The summed E-state index contributed by atoms with van der Waals surface area (Å²) in [6.45, 7) is 9.95. The molecule has 0 saturated heterocycles. The molecule has 1 atom stereocenters. The minimum Gasteiger partial charge on any atom is -0.385 e. The fourth-order valence-electron chi connectivity index (χ4n) is 1.14. The van der Waals surface area contributed by atoms with Crippen LogP contribution >= 0.6 is 0 Å². The van der Waals surface area contributed by atoms with Crippen molar-refractivity contribution in [2.75, 3.05) is 17.6 Å². The predicted octanol–water partition coefficient (Wildman–Crippen LogP) is 2.76. The van der Waals surface area contributed by atoms with Crippen molar-refractivity contribution in [3.05, 3.63) is 18.3 Å². The summed E-state index contributed by atoms with van der Waals surface area (Å²) in [5.41, 5.74) is 6.97. The average molecular weight is 207 g/mol. The van der Waals surface area contributed by atoms with Crippen LogP contribution in [0, 0.1) is 11.3 Å². The van der Waals surface area contributed by atoms with Gasteiger partial charge in [-0.05, 0) is 17.4 Å². The van der Waals surface area contributed by atoms with E-state index in [1.807, 2.05) is 12.1 Å². The van der Waals surface area contributed by atoms with E-state index in [1.54, 1.807) is 6.20 Å². The van der Waals surface area contributed by atoms with Gasteiger partial charge < -0.3 is 11.1 Å². The van der Waals surface area contributed by atoms with Gasteiger partial charge in [-0.3, -0.25) is 0 Å². The van der Waals surface area contributed by atoms with Gasteiger partial charge >= 0.3 is 0 Å². The van der Waals surface area contributed by atoms with Crippen LogP contribution in [-0.4, -0.2) is 11.5 Å². The van der Waals surface area contributed by atoms with Crippen molar-refractivity contribution in [2.24, 2.45) is 11.3 Å². The molecule has 3 N–H and O–H groups in total. The maximum Gasteiger partial charge on any atom is 0.125 e. The summed E-state index contributed by atoms with van der Waals surface area (Å²) in [5, 5.41) is 3.37. The summed E-state index contributed by atoms with van der Waals surface area (Å²) >= 11 is 0.